The number of halogens is 2. The lowest BCUT2D eigenvalue weighted by atomic mass is 10.1. The standard InChI is InChI=1S/C97H166N10O38.2BrH/c1-118-30-31-121-36-37-124-42-43-127-48-49-130-54-55-133-58-61-136-64-67-139-70-73-142-76-79-145-96-88(143-77-74-140-71-68-137-65-62-134-59-56-131-52-50-128-46-44-125-40-38-122-34-32-119-28-10-90(108)98-12-8-18-102-14-4-2-5-15-102)80-87(97(117)101-86-100-92(110)82-104-20-22-105(83-93(111)112)24-26-107(85-95(115)116)27-25-106(23-21-104)84-94(113)114)81-89(96)144-78-75-141-72-69-138-66-63-135-60-57-132-53-51-129-47-45-126-41-39-123-35-33-120-29-11-91(109)99-13-9-19-103-16-6-3-7-17-103;;/h2-7,14-17,80-81H,8-13,18-79,82-86H2,1H3,(H5-2,98,99,100,101,108,109,110,111,112,113,114,115,116,117);2*1H. The second kappa shape index (κ2) is 102. The van der Waals surface area contributed by atoms with Crippen LogP contribution < -0.4 is 78.6 Å². The third kappa shape index (κ3) is 86.2. The summed E-state index contributed by atoms with van der Waals surface area (Å²) in [7, 11) is 1.62. The zero-order valence-corrected chi connectivity index (χ0v) is 89.3. The topological polar surface area (TPSA) is 507 Å². The van der Waals surface area contributed by atoms with Gasteiger partial charge in [0.15, 0.2) is 36.3 Å². The van der Waals surface area contributed by atoms with E-state index in [0.717, 1.165) is 25.9 Å². The predicted octanol–water partition coefficient (Wildman–Crippen LogP) is -7.08. The van der Waals surface area contributed by atoms with Crippen LogP contribution in [0.1, 0.15) is 36.0 Å². The van der Waals surface area contributed by atoms with Gasteiger partial charge in [0.25, 0.3) is 5.91 Å². The normalized spacial score (nSPS) is 12.9. The smallest absolute Gasteiger partial charge is 0.317 e. The zero-order chi connectivity index (χ0) is 104. The van der Waals surface area contributed by atoms with Gasteiger partial charge < -0.3 is 203 Å². The van der Waals surface area contributed by atoms with E-state index in [9.17, 15) is 48.9 Å². The predicted molar refractivity (Wildman–Crippen MR) is 521 cm³/mol. The van der Waals surface area contributed by atoms with E-state index in [-0.39, 0.29) is 233 Å². The number of carbonyl (C=O) groups excluding carboxylic acids is 4. The Morgan fingerprint density at radius 2 is 0.483 bits per heavy atom. The van der Waals surface area contributed by atoms with E-state index in [4.69, 9.17) is 133 Å². The second-order valence-corrected chi connectivity index (χ2v) is 31.7. The Hall–Kier alpha value is -6.99. The van der Waals surface area contributed by atoms with E-state index in [0.29, 0.717) is 290 Å². The van der Waals surface area contributed by atoms with Crippen molar-refractivity contribution in [2.45, 2.75) is 38.8 Å². The first-order chi connectivity index (χ1) is 71.3. The lowest BCUT2D eigenvalue weighted by molar-refractivity contribution is -0.697. The van der Waals surface area contributed by atoms with Gasteiger partial charge in [0.2, 0.25) is 23.5 Å². The summed E-state index contributed by atoms with van der Waals surface area (Å²) < 4.78 is 163. The number of amides is 4. The third-order valence-corrected chi connectivity index (χ3v) is 20.2. The Bertz CT molecular complexity index is 3410. The van der Waals surface area contributed by atoms with Gasteiger partial charge in [0.1, 0.15) is 32.9 Å². The molecule has 3 heterocycles. The van der Waals surface area contributed by atoms with Gasteiger partial charge >= 0.3 is 17.9 Å². The molecule has 3 aromatic rings. The average Bonchev–Trinajstić information content (AvgIpc) is 0.811. The van der Waals surface area contributed by atoms with Crippen LogP contribution in [0.5, 0.6) is 17.2 Å². The fraction of sp³-hybridized carbons (Fsp3) is 0.763. The fourth-order valence-electron chi connectivity index (χ4n) is 12.8. The van der Waals surface area contributed by atoms with E-state index in [1.807, 2.05) is 61.2 Å². The molecule has 1 aliphatic heterocycles. The molecule has 0 spiro atoms. The van der Waals surface area contributed by atoms with Crippen LogP contribution in [0.2, 0.25) is 0 Å². The molecule has 0 saturated carbocycles. The molecular weight excluding hydrogens is 2070 g/mol. The average molecular weight is 2240 g/mol. The summed E-state index contributed by atoms with van der Waals surface area (Å²) in [5.74, 6) is -4.14. The van der Waals surface area contributed by atoms with Crippen LogP contribution in [0, 0.1) is 0 Å². The molecule has 0 aliphatic carbocycles. The zero-order valence-electron chi connectivity index (χ0n) is 86.1. The molecule has 4 rings (SSSR count). The van der Waals surface area contributed by atoms with E-state index >= 15 is 0 Å². The lowest BCUT2D eigenvalue weighted by Gasteiger charge is -2.32. The molecule has 1 aromatic carbocycles. The maximum absolute atomic E-state index is 14.3. The number of ether oxygens (including phenoxy) is 28. The number of benzene rings is 1. The van der Waals surface area contributed by atoms with Crippen LogP contribution >= 0.6 is 0 Å². The van der Waals surface area contributed by atoms with Crippen LogP contribution in [0.3, 0.4) is 0 Å². The SMILES string of the molecule is COCCOCCOCCOCCOCCOCCOCCOCCOCCOc1c(OCCOCCOCCOCCOCCOCCOCCOCCOCCC(=O)NCCC[n+]2ccccc2)cc(C(=O)NCNC(=O)CN2CCN(CC(=O)O)CCN(CC(=O)O)CCN(CC(=O)O)CC2)cc1OCCOCCOCCOCCOCCOCCOCCOCCOCCC(=O)NCCC[n+]1ccccc1.[Br-].[Br-]. The number of hydrogen-bond donors (Lipinski definition) is 7. The van der Waals surface area contributed by atoms with Crippen molar-refractivity contribution in [1.82, 2.24) is 40.9 Å². The minimum absolute atomic E-state index is 0. The molecule has 48 nitrogen and oxygen atoms in total. The van der Waals surface area contributed by atoms with E-state index in [2.05, 4.69) is 30.4 Å². The van der Waals surface area contributed by atoms with Crippen molar-refractivity contribution in [1.29, 1.82) is 0 Å². The molecule has 0 unspecified atom stereocenters. The van der Waals surface area contributed by atoms with Gasteiger partial charge in [-0.3, -0.25) is 53.2 Å². The van der Waals surface area contributed by atoms with Crippen molar-refractivity contribution in [3.63, 3.8) is 0 Å². The number of aliphatic carboxylic acids is 3. The van der Waals surface area contributed by atoms with Crippen molar-refractivity contribution in [3.8, 4) is 17.2 Å². The highest BCUT2D eigenvalue weighted by molar-refractivity contribution is 5.96. The van der Waals surface area contributed by atoms with Gasteiger partial charge in [-0.25, -0.2) is 9.13 Å². The highest BCUT2D eigenvalue weighted by Crippen LogP contribution is 2.39. The first kappa shape index (κ1) is 136. The number of methoxy groups -OCH3 is 1. The van der Waals surface area contributed by atoms with Gasteiger partial charge in [0, 0.05) is 128 Å². The summed E-state index contributed by atoms with van der Waals surface area (Å²) in [6.45, 7) is 20.3. The van der Waals surface area contributed by atoms with Crippen molar-refractivity contribution in [2.24, 2.45) is 0 Å². The van der Waals surface area contributed by atoms with Gasteiger partial charge in [-0.2, -0.15) is 0 Å². The molecule has 0 atom stereocenters. The first-order valence-electron chi connectivity index (χ1n) is 50.2. The molecule has 848 valence electrons. The van der Waals surface area contributed by atoms with Crippen molar-refractivity contribution in [3.05, 3.63) is 78.9 Å². The molecule has 7 N–H and O–H groups in total. The summed E-state index contributed by atoms with van der Waals surface area (Å²) in [6.07, 6.45) is 10.3. The highest BCUT2D eigenvalue weighted by atomic mass is 79.9. The summed E-state index contributed by atoms with van der Waals surface area (Å²) >= 11 is 0. The molecule has 50 heteroatoms. The van der Waals surface area contributed by atoms with Crippen LogP contribution in [0.4, 0.5) is 0 Å². The van der Waals surface area contributed by atoms with Gasteiger partial charge in [-0.1, -0.05) is 12.1 Å². The molecule has 0 radical (unpaired) electrons. The number of pyridine rings is 2. The molecule has 147 heavy (non-hydrogen) atoms. The number of aromatic nitrogens is 2. The second-order valence-electron chi connectivity index (χ2n) is 31.7. The minimum atomic E-state index is -1.09. The monoisotopic (exact) mass is 2240 g/mol. The van der Waals surface area contributed by atoms with Gasteiger partial charge in [0.05, 0.1) is 357 Å². The van der Waals surface area contributed by atoms with Crippen molar-refractivity contribution < 1.29 is 225 Å². The molecule has 2 aromatic heterocycles. The third-order valence-electron chi connectivity index (χ3n) is 20.2. The van der Waals surface area contributed by atoms with Gasteiger partial charge in [-0.15, -0.1) is 0 Å². The van der Waals surface area contributed by atoms with Crippen LogP contribution in [0.25, 0.3) is 0 Å². The Balaban J connectivity index is 0.0000365. The molecule has 1 fully saturated rings. The Labute approximate surface area is 886 Å². The number of carboxylic acid groups (broad SMARTS) is 3. The van der Waals surface area contributed by atoms with E-state index < -0.39 is 29.7 Å². The van der Waals surface area contributed by atoms with Crippen LogP contribution in [0.15, 0.2) is 73.3 Å². The fourth-order valence-corrected chi connectivity index (χ4v) is 12.8. The Morgan fingerprint density at radius 3 is 0.721 bits per heavy atom. The van der Waals surface area contributed by atoms with E-state index in [1.165, 1.54) is 12.1 Å². The first-order valence-corrected chi connectivity index (χ1v) is 50.2. The lowest BCUT2D eigenvalue weighted by Crippen LogP contribution is -3.00. The largest absolute Gasteiger partial charge is 1.00 e. The quantitative estimate of drug-likeness (QED) is 0.0157. The number of carbonyl (C=O) groups is 7. The summed E-state index contributed by atoms with van der Waals surface area (Å²) in [6, 6.07) is 14.8. The highest BCUT2D eigenvalue weighted by Gasteiger charge is 2.24. The Morgan fingerprint density at radius 1 is 0.265 bits per heavy atom. The molecule has 1 aliphatic rings. The minimum Gasteiger partial charge on any atom is -1.00 e. The number of nitrogens with one attached hydrogen (secondary N) is 4. The summed E-state index contributed by atoms with van der Waals surface area (Å²) in [5.41, 5.74) is 0.0551. The summed E-state index contributed by atoms with van der Waals surface area (Å²) in [4.78, 5) is 94.4. The summed E-state index contributed by atoms with van der Waals surface area (Å²) in [5, 5.41) is 40.4. The Kier molecular flexibility index (Phi) is 94.5. The molecular formula is C97H168Br2N10O38. The number of rotatable bonds is 103. The number of carboxylic acids is 3. The molecule has 4 amide bonds. The number of aryl methyl sites for hydroxylation is 2. The number of nitrogens with zero attached hydrogens (tertiary/aromatic N) is 6. The molecule has 1 saturated heterocycles. The van der Waals surface area contributed by atoms with Crippen molar-refractivity contribution in [2.75, 3.05) is 449 Å². The van der Waals surface area contributed by atoms with E-state index in [1.54, 1.807) is 26.7 Å². The maximum Gasteiger partial charge on any atom is 0.317 e. The van der Waals surface area contributed by atoms with Crippen LogP contribution in [-0.4, -0.2) is 525 Å². The molecule has 0 bridgehead atoms. The van der Waals surface area contributed by atoms with Crippen LogP contribution in [-0.2, 0) is 160 Å². The van der Waals surface area contributed by atoms with Gasteiger partial charge in [-0.05, 0) is 12.1 Å². The van der Waals surface area contributed by atoms with Crippen molar-refractivity contribution >= 4 is 41.5 Å². The number of hydrogen-bond acceptors (Lipinski definition) is 39. The maximum atomic E-state index is 14.3.